The maximum atomic E-state index is 9.44. The summed E-state index contributed by atoms with van der Waals surface area (Å²) in [6.07, 6.45) is 3.77. The molecule has 0 unspecified atom stereocenters. The molecule has 1 aliphatic rings. The Kier molecular flexibility index (Phi) is 3.72. The summed E-state index contributed by atoms with van der Waals surface area (Å²) in [5.41, 5.74) is 2.23. The monoisotopic (exact) mass is 239 g/mol. The van der Waals surface area contributed by atoms with E-state index in [1.54, 1.807) is 0 Å². The third-order valence-corrected chi connectivity index (χ3v) is 3.73. The molecule has 0 bridgehead atoms. The van der Waals surface area contributed by atoms with Gasteiger partial charge < -0.3 is 10.4 Å². The number of hydrogen-bond acceptors (Lipinski definition) is 2. The van der Waals surface area contributed by atoms with Crippen LogP contribution in [0.1, 0.15) is 31.2 Å². The lowest BCUT2D eigenvalue weighted by Crippen LogP contribution is -2.28. The minimum absolute atomic E-state index is 0.0986. The average molecular weight is 240 g/mol. The molecular weight excluding hydrogens is 222 g/mol. The number of hydrogen-bond donors (Lipinski definition) is 2. The van der Waals surface area contributed by atoms with Gasteiger partial charge in [0.2, 0.25) is 0 Å². The van der Waals surface area contributed by atoms with Gasteiger partial charge in [-0.05, 0) is 50.3 Å². The van der Waals surface area contributed by atoms with Crippen molar-refractivity contribution < 1.29 is 5.11 Å². The number of aliphatic hydroxyl groups excluding tert-OH is 1. The zero-order chi connectivity index (χ0) is 11.5. The second kappa shape index (κ2) is 5.07. The van der Waals surface area contributed by atoms with Gasteiger partial charge in [0.25, 0.3) is 0 Å². The van der Waals surface area contributed by atoms with Crippen molar-refractivity contribution in [1.82, 2.24) is 0 Å². The molecule has 0 atom stereocenters. The molecule has 1 fully saturated rings. The van der Waals surface area contributed by atoms with Gasteiger partial charge in [-0.25, -0.2) is 0 Å². The molecule has 0 spiro atoms. The van der Waals surface area contributed by atoms with Crippen molar-refractivity contribution in [2.75, 3.05) is 5.32 Å². The summed E-state index contributed by atoms with van der Waals surface area (Å²) in [5.74, 6) is 0. The molecule has 0 radical (unpaired) electrons. The molecule has 1 aromatic rings. The number of halogens is 1. The topological polar surface area (TPSA) is 32.3 Å². The van der Waals surface area contributed by atoms with Gasteiger partial charge in [0.15, 0.2) is 0 Å². The molecule has 1 aromatic carbocycles. The largest absolute Gasteiger partial charge is 0.393 e. The van der Waals surface area contributed by atoms with Crippen molar-refractivity contribution in [3.63, 3.8) is 0 Å². The highest BCUT2D eigenvalue weighted by atomic mass is 35.5. The highest BCUT2D eigenvalue weighted by Gasteiger charge is 2.19. The molecule has 16 heavy (non-hydrogen) atoms. The molecule has 1 aliphatic carbocycles. The molecule has 0 amide bonds. The fourth-order valence-corrected chi connectivity index (χ4v) is 2.38. The van der Waals surface area contributed by atoms with E-state index in [2.05, 4.69) is 11.4 Å². The van der Waals surface area contributed by atoms with Crippen molar-refractivity contribution in [3.8, 4) is 0 Å². The lowest BCUT2D eigenvalue weighted by Gasteiger charge is -2.27. The molecule has 0 heterocycles. The summed E-state index contributed by atoms with van der Waals surface area (Å²) in [6.45, 7) is 2.03. The molecule has 0 aromatic heterocycles. The average Bonchev–Trinajstić information content (AvgIpc) is 2.28. The van der Waals surface area contributed by atoms with Gasteiger partial charge in [0.1, 0.15) is 0 Å². The Morgan fingerprint density at radius 2 is 1.94 bits per heavy atom. The Morgan fingerprint density at radius 3 is 2.62 bits per heavy atom. The Balaban J connectivity index is 2.01. The number of aliphatic hydroxyl groups is 1. The van der Waals surface area contributed by atoms with E-state index in [1.807, 2.05) is 19.1 Å². The Morgan fingerprint density at radius 1 is 1.25 bits per heavy atom. The van der Waals surface area contributed by atoms with E-state index in [0.29, 0.717) is 6.04 Å². The number of rotatable bonds is 2. The van der Waals surface area contributed by atoms with Crippen LogP contribution in [0.25, 0.3) is 0 Å². The van der Waals surface area contributed by atoms with E-state index in [0.717, 1.165) is 42.0 Å². The Bertz CT molecular complexity index is 359. The van der Waals surface area contributed by atoms with Crippen LogP contribution in [0.15, 0.2) is 18.2 Å². The third kappa shape index (κ3) is 2.69. The highest BCUT2D eigenvalue weighted by molar-refractivity contribution is 6.31. The molecule has 0 saturated heterocycles. The second-order valence-corrected chi connectivity index (χ2v) is 4.97. The van der Waals surface area contributed by atoms with Crippen LogP contribution in [0.5, 0.6) is 0 Å². The van der Waals surface area contributed by atoms with Crippen LogP contribution in [0, 0.1) is 6.92 Å². The van der Waals surface area contributed by atoms with Crippen molar-refractivity contribution >= 4 is 17.3 Å². The molecular formula is C13H18ClNO. The summed E-state index contributed by atoms with van der Waals surface area (Å²) in [7, 11) is 0. The molecule has 3 heteroatoms. The predicted molar refractivity (Wildman–Crippen MR) is 68.1 cm³/mol. The number of nitrogens with one attached hydrogen (secondary N) is 1. The van der Waals surface area contributed by atoms with Gasteiger partial charge in [-0.3, -0.25) is 0 Å². The maximum Gasteiger partial charge on any atom is 0.0541 e. The van der Waals surface area contributed by atoms with Gasteiger partial charge in [-0.2, -0.15) is 0 Å². The standard InChI is InChI=1S/C13H18ClNO/c1-9-12(14)3-2-4-13(9)15-10-5-7-11(16)8-6-10/h2-4,10-11,15-16H,5-8H2,1H3. The Labute approximate surface area is 102 Å². The molecule has 88 valence electrons. The Hall–Kier alpha value is -0.730. The van der Waals surface area contributed by atoms with Crippen LogP contribution < -0.4 is 5.32 Å². The van der Waals surface area contributed by atoms with Gasteiger partial charge in [0, 0.05) is 16.8 Å². The van der Waals surface area contributed by atoms with E-state index in [9.17, 15) is 5.11 Å². The van der Waals surface area contributed by atoms with Crippen LogP contribution in [-0.4, -0.2) is 17.3 Å². The summed E-state index contributed by atoms with van der Waals surface area (Å²) >= 11 is 6.07. The predicted octanol–water partition coefficient (Wildman–Crippen LogP) is 3.36. The minimum Gasteiger partial charge on any atom is -0.393 e. The van der Waals surface area contributed by atoms with Gasteiger partial charge >= 0.3 is 0 Å². The normalized spacial score (nSPS) is 25.4. The minimum atomic E-state index is -0.0986. The summed E-state index contributed by atoms with van der Waals surface area (Å²) in [4.78, 5) is 0. The first-order valence-corrected chi connectivity index (χ1v) is 6.24. The van der Waals surface area contributed by atoms with Crippen LogP contribution in [0.2, 0.25) is 5.02 Å². The fourth-order valence-electron chi connectivity index (χ4n) is 2.20. The SMILES string of the molecule is Cc1c(Cl)cccc1NC1CCC(O)CC1. The smallest absolute Gasteiger partial charge is 0.0541 e. The zero-order valence-corrected chi connectivity index (χ0v) is 10.3. The molecule has 0 aliphatic heterocycles. The van der Waals surface area contributed by atoms with Crippen molar-refractivity contribution in [3.05, 3.63) is 28.8 Å². The van der Waals surface area contributed by atoms with Crippen LogP contribution in [0.3, 0.4) is 0 Å². The first kappa shape index (κ1) is 11.7. The van der Waals surface area contributed by atoms with Gasteiger partial charge in [-0.15, -0.1) is 0 Å². The van der Waals surface area contributed by atoms with E-state index in [-0.39, 0.29) is 6.10 Å². The van der Waals surface area contributed by atoms with Crippen molar-refractivity contribution in [2.45, 2.75) is 44.8 Å². The molecule has 2 rings (SSSR count). The summed E-state index contributed by atoms with van der Waals surface area (Å²) in [6, 6.07) is 6.41. The lowest BCUT2D eigenvalue weighted by molar-refractivity contribution is 0.126. The van der Waals surface area contributed by atoms with E-state index in [1.165, 1.54) is 0 Å². The summed E-state index contributed by atoms with van der Waals surface area (Å²) in [5, 5.41) is 13.8. The molecule has 2 nitrogen and oxygen atoms in total. The van der Waals surface area contributed by atoms with Crippen LogP contribution >= 0.6 is 11.6 Å². The van der Waals surface area contributed by atoms with Gasteiger partial charge in [-0.1, -0.05) is 17.7 Å². The molecule has 1 saturated carbocycles. The number of anilines is 1. The lowest BCUT2D eigenvalue weighted by atomic mass is 9.93. The maximum absolute atomic E-state index is 9.44. The van der Waals surface area contributed by atoms with Crippen LogP contribution in [0.4, 0.5) is 5.69 Å². The van der Waals surface area contributed by atoms with E-state index < -0.39 is 0 Å². The number of benzene rings is 1. The van der Waals surface area contributed by atoms with Crippen molar-refractivity contribution in [2.24, 2.45) is 0 Å². The first-order chi connectivity index (χ1) is 7.66. The molecule has 2 N–H and O–H groups in total. The third-order valence-electron chi connectivity index (χ3n) is 3.32. The quantitative estimate of drug-likeness (QED) is 0.830. The highest BCUT2D eigenvalue weighted by Crippen LogP contribution is 2.27. The van der Waals surface area contributed by atoms with E-state index in [4.69, 9.17) is 11.6 Å². The summed E-state index contributed by atoms with van der Waals surface area (Å²) < 4.78 is 0. The zero-order valence-electron chi connectivity index (χ0n) is 9.54. The first-order valence-electron chi connectivity index (χ1n) is 5.86. The second-order valence-electron chi connectivity index (χ2n) is 4.56. The van der Waals surface area contributed by atoms with Crippen molar-refractivity contribution in [1.29, 1.82) is 0 Å². The van der Waals surface area contributed by atoms with E-state index >= 15 is 0 Å². The van der Waals surface area contributed by atoms with Crippen LogP contribution in [-0.2, 0) is 0 Å². The fraction of sp³-hybridized carbons (Fsp3) is 0.538. The van der Waals surface area contributed by atoms with Gasteiger partial charge in [0.05, 0.1) is 6.10 Å².